The van der Waals surface area contributed by atoms with Gasteiger partial charge in [0.1, 0.15) is 23.5 Å². The van der Waals surface area contributed by atoms with Crippen molar-refractivity contribution < 1.29 is 23.8 Å². The number of aliphatic carboxylic acids is 1. The molecule has 5 nitrogen and oxygen atoms in total. The predicted octanol–water partition coefficient (Wildman–Crippen LogP) is 1.00. The lowest BCUT2D eigenvalue weighted by atomic mass is 10.2. The molecule has 0 spiro atoms. The van der Waals surface area contributed by atoms with Gasteiger partial charge in [0.2, 0.25) is 0 Å². The first-order chi connectivity index (χ1) is 6.54. The molecule has 0 aliphatic heterocycles. The zero-order valence-electron chi connectivity index (χ0n) is 7.86. The quantitative estimate of drug-likeness (QED) is 0.733. The van der Waals surface area contributed by atoms with Gasteiger partial charge in [-0.3, -0.25) is 4.79 Å². The first-order valence-corrected chi connectivity index (χ1v) is 3.94. The van der Waals surface area contributed by atoms with Crippen LogP contribution in [0.25, 0.3) is 0 Å². The molecule has 1 N–H and O–H groups in total. The molecule has 0 aromatic carbocycles. The summed E-state index contributed by atoms with van der Waals surface area (Å²) in [5, 5.41) is 8.49. The molecule has 0 bridgehead atoms. The third-order valence-corrected chi connectivity index (χ3v) is 1.70. The first kappa shape index (κ1) is 10.3. The van der Waals surface area contributed by atoms with E-state index in [0.717, 1.165) is 0 Å². The summed E-state index contributed by atoms with van der Waals surface area (Å²) in [5.41, 5.74) is 0.267. The fraction of sp³-hybridized carbons (Fsp3) is 0.333. The van der Waals surface area contributed by atoms with Crippen molar-refractivity contribution in [3.63, 3.8) is 0 Å². The Bertz CT molecular complexity index is 363. The van der Waals surface area contributed by atoms with Crippen LogP contribution in [0.5, 0.6) is 0 Å². The van der Waals surface area contributed by atoms with Crippen LogP contribution in [0, 0.1) is 6.92 Å². The van der Waals surface area contributed by atoms with Crippen LogP contribution in [0.4, 0.5) is 0 Å². The van der Waals surface area contributed by atoms with Crippen LogP contribution in [0.2, 0.25) is 0 Å². The Morgan fingerprint density at radius 1 is 1.57 bits per heavy atom. The highest BCUT2D eigenvalue weighted by atomic mass is 16.5. The van der Waals surface area contributed by atoms with Gasteiger partial charge in [-0.25, -0.2) is 4.79 Å². The number of ether oxygens (including phenoxy) is 1. The maximum atomic E-state index is 11.1. The monoisotopic (exact) mass is 198 g/mol. The Morgan fingerprint density at radius 3 is 2.71 bits per heavy atom. The Hall–Kier alpha value is -1.78. The molecule has 1 aromatic rings. The topological polar surface area (TPSA) is 76.7 Å². The summed E-state index contributed by atoms with van der Waals surface area (Å²) >= 11 is 0. The molecule has 0 unspecified atom stereocenters. The lowest BCUT2D eigenvalue weighted by Crippen LogP contribution is -2.01. The number of carbonyl (C=O) groups excluding carboxylic acids is 1. The number of hydrogen-bond donors (Lipinski definition) is 1. The van der Waals surface area contributed by atoms with E-state index in [9.17, 15) is 9.59 Å². The summed E-state index contributed by atoms with van der Waals surface area (Å²) in [4.78, 5) is 21.5. The van der Waals surface area contributed by atoms with Gasteiger partial charge in [-0.05, 0) is 13.0 Å². The zero-order chi connectivity index (χ0) is 10.7. The van der Waals surface area contributed by atoms with E-state index in [1.165, 1.54) is 13.2 Å². The van der Waals surface area contributed by atoms with Gasteiger partial charge in [-0.1, -0.05) is 0 Å². The highest BCUT2D eigenvalue weighted by Gasteiger charge is 2.16. The zero-order valence-corrected chi connectivity index (χ0v) is 7.86. The van der Waals surface area contributed by atoms with E-state index in [0.29, 0.717) is 5.76 Å². The average molecular weight is 198 g/mol. The standard InChI is InChI=1S/C9H10O5/c1-5-7(9(12)13-2)3-6(14-5)4-8(10)11/h3H,4H2,1-2H3,(H,10,11). The van der Waals surface area contributed by atoms with Crippen molar-refractivity contribution in [3.05, 3.63) is 23.2 Å². The lowest BCUT2D eigenvalue weighted by Gasteiger charge is -1.93. The second-order valence-corrected chi connectivity index (χ2v) is 2.74. The minimum absolute atomic E-state index is 0.238. The molecule has 1 rings (SSSR count). The van der Waals surface area contributed by atoms with Crippen molar-refractivity contribution in [2.75, 3.05) is 7.11 Å². The SMILES string of the molecule is COC(=O)c1cc(CC(=O)O)oc1C. The van der Waals surface area contributed by atoms with Crippen molar-refractivity contribution >= 4 is 11.9 Å². The van der Waals surface area contributed by atoms with Crippen molar-refractivity contribution in [2.45, 2.75) is 13.3 Å². The summed E-state index contributed by atoms with van der Waals surface area (Å²) < 4.78 is 9.56. The largest absolute Gasteiger partial charge is 0.481 e. The van der Waals surface area contributed by atoms with E-state index < -0.39 is 11.9 Å². The summed E-state index contributed by atoms with van der Waals surface area (Å²) in [6.07, 6.45) is -0.238. The number of furan rings is 1. The molecule has 14 heavy (non-hydrogen) atoms. The van der Waals surface area contributed by atoms with Gasteiger partial charge in [-0.2, -0.15) is 0 Å². The molecule has 0 aliphatic rings. The highest BCUT2D eigenvalue weighted by Crippen LogP contribution is 2.15. The first-order valence-electron chi connectivity index (χ1n) is 3.94. The number of carbonyl (C=O) groups is 2. The number of carboxylic acids is 1. The number of aryl methyl sites for hydroxylation is 1. The summed E-state index contributed by atoms with van der Waals surface area (Å²) in [6, 6.07) is 1.38. The molecular weight excluding hydrogens is 188 g/mol. The normalized spacial score (nSPS) is 9.86. The molecule has 0 fully saturated rings. The van der Waals surface area contributed by atoms with E-state index in [2.05, 4.69) is 4.74 Å². The van der Waals surface area contributed by atoms with Crippen LogP contribution >= 0.6 is 0 Å². The van der Waals surface area contributed by atoms with Crippen molar-refractivity contribution in [3.8, 4) is 0 Å². The van der Waals surface area contributed by atoms with Crippen LogP contribution in [0.3, 0.4) is 0 Å². The Balaban J connectivity index is 2.93. The minimum Gasteiger partial charge on any atom is -0.481 e. The number of esters is 1. The molecule has 5 heteroatoms. The fourth-order valence-electron chi connectivity index (χ4n) is 1.09. The highest BCUT2D eigenvalue weighted by molar-refractivity contribution is 5.90. The molecule has 0 saturated heterocycles. The van der Waals surface area contributed by atoms with Crippen molar-refractivity contribution in [1.82, 2.24) is 0 Å². The molecule has 0 saturated carbocycles. The smallest absolute Gasteiger partial charge is 0.341 e. The summed E-state index contributed by atoms with van der Waals surface area (Å²) in [5.74, 6) is -0.915. The third kappa shape index (κ3) is 2.12. The van der Waals surface area contributed by atoms with Gasteiger partial charge in [0.25, 0.3) is 0 Å². The number of hydrogen-bond acceptors (Lipinski definition) is 4. The van der Waals surface area contributed by atoms with Gasteiger partial charge < -0.3 is 14.3 Å². The van der Waals surface area contributed by atoms with Gasteiger partial charge in [0, 0.05) is 0 Å². The van der Waals surface area contributed by atoms with Gasteiger partial charge in [0.05, 0.1) is 7.11 Å². The van der Waals surface area contributed by atoms with Gasteiger partial charge >= 0.3 is 11.9 Å². The van der Waals surface area contributed by atoms with Crippen molar-refractivity contribution in [1.29, 1.82) is 0 Å². The Kier molecular flexibility index (Phi) is 2.91. The molecule has 0 aliphatic carbocycles. The average Bonchev–Trinajstić information content (AvgIpc) is 2.44. The lowest BCUT2D eigenvalue weighted by molar-refractivity contribution is -0.136. The van der Waals surface area contributed by atoms with Crippen LogP contribution < -0.4 is 0 Å². The Morgan fingerprint density at radius 2 is 2.21 bits per heavy atom. The van der Waals surface area contributed by atoms with E-state index in [4.69, 9.17) is 9.52 Å². The van der Waals surface area contributed by atoms with E-state index in [1.54, 1.807) is 6.92 Å². The second kappa shape index (κ2) is 3.95. The van der Waals surface area contributed by atoms with Crippen LogP contribution in [-0.2, 0) is 16.0 Å². The molecule has 0 atom stereocenters. The number of methoxy groups -OCH3 is 1. The Labute approximate surface area is 80.3 Å². The van der Waals surface area contributed by atoms with Crippen molar-refractivity contribution in [2.24, 2.45) is 0 Å². The minimum atomic E-state index is -1.00. The molecule has 1 heterocycles. The van der Waals surface area contributed by atoms with E-state index in [-0.39, 0.29) is 17.7 Å². The molecule has 0 amide bonds. The summed E-state index contributed by atoms with van der Waals surface area (Å²) in [6.45, 7) is 1.58. The molecular formula is C9H10O5. The van der Waals surface area contributed by atoms with Gasteiger partial charge in [-0.15, -0.1) is 0 Å². The third-order valence-electron chi connectivity index (χ3n) is 1.70. The second-order valence-electron chi connectivity index (χ2n) is 2.74. The van der Waals surface area contributed by atoms with Crippen LogP contribution in [0.1, 0.15) is 21.9 Å². The maximum absolute atomic E-state index is 11.1. The number of rotatable bonds is 3. The molecule has 1 aromatic heterocycles. The molecule has 0 radical (unpaired) electrons. The van der Waals surface area contributed by atoms with E-state index in [1.807, 2.05) is 0 Å². The number of carboxylic acid groups (broad SMARTS) is 1. The maximum Gasteiger partial charge on any atom is 0.341 e. The van der Waals surface area contributed by atoms with E-state index >= 15 is 0 Å². The fourth-order valence-corrected chi connectivity index (χ4v) is 1.09. The van der Waals surface area contributed by atoms with Crippen LogP contribution in [-0.4, -0.2) is 24.2 Å². The van der Waals surface area contributed by atoms with Crippen LogP contribution in [0.15, 0.2) is 10.5 Å². The summed E-state index contributed by atoms with van der Waals surface area (Å²) in [7, 11) is 1.26. The predicted molar refractivity (Wildman–Crippen MR) is 46.1 cm³/mol. The molecule has 76 valence electrons. The van der Waals surface area contributed by atoms with Gasteiger partial charge in [0.15, 0.2) is 0 Å².